The third-order valence-corrected chi connectivity index (χ3v) is 3.44. The Morgan fingerprint density at radius 2 is 2.13 bits per heavy atom. The third kappa shape index (κ3) is 2.91. The molecule has 2 fully saturated rings. The van der Waals surface area contributed by atoms with Crippen LogP contribution in [0.25, 0.3) is 0 Å². The molecule has 0 amide bonds. The Bertz CT molecular complexity index is 194. The van der Waals surface area contributed by atoms with Gasteiger partial charge in [-0.25, -0.2) is 0 Å². The summed E-state index contributed by atoms with van der Waals surface area (Å²) >= 11 is 0. The Morgan fingerprint density at radius 1 is 1.33 bits per heavy atom. The molecule has 0 bridgehead atoms. The summed E-state index contributed by atoms with van der Waals surface area (Å²) < 4.78 is 10.7. The molecule has 2 aliphatic heterocycles. The number of ether oxygens (including phenoxy) is 2. The highest BCUT2D eigenvalue weighted by Gasteiger charge is 2.28. The van der Waals surface area contributed by atoms with Gasteiger partial charge in [-0.15, -0.1) is 0 Å². The highest BCUT2D eigenvalue weighted by Crippen LogP contribution is 2.18. The van der Waals surface area contributed by atoms with Gasteiger partial charge < -0.3 is 14.6 Å². The average molecular weight is 215 g/mol. The summed E-state index contributed by atoms with van der Waals surface area (Å²) in [5.41, 5.74) is 0. The van der Waals surface area contributed by atoms with Crippen molar-refractivity contribution in [3.8, 4) is 0 Å². The molecule has 0 aliphatic carbocycles. The number of nitrogens with zero attached hydrogens (tertiary/aromatic N) is 1. The maximum Gasteiger partial charge on any atom is 0.0718 e. The van der Waals surface area contributed by atoms with E-state index in [0.29, 0.717) is 12.0 Å². The number of aliphatic hydroxyl groups excluding tert-OH is 1. The zero-order valence-corrected chi connectivity index (χ0v) is 9.39. The van der Waals surface area contributed by atoms with E-state index in [2.05, 4.69) is 11.8 Å². The first-order valence-electron chi connectivity index (χ1n) is 5.85. The van der Waals surface area contributed by atoms with Crippen LogP contribution in [0.15, 0.2) is 0 Å². The van der Waals surface area contributed by atoms with Crippen molar-refractivity contribution in [1.82, 2.24) is 4.90 Å². The fourth-order valence-electron chi connectivity index (χ4n) is 2.28. The van der Waals surface area contributed by atoms with E-state index in [1.807, 2.05) is 0 Å². The van der Waals surface area contributed by atoms with Crippen molar-refractivity contribution < 1.29 is 14.6 Å². The molecule has 3 unspecified atom stereocenters. The molecule has 0 saturated carbocycles. The highest BCUT2D eigenvalue weighted by molar-refractivity contribution is 4.79. The van der Waals surface area contributed by atoms with E-state index in [9.17, 15) is 5.11 Å². The molecular formula is C11H21NO3. The summed E-state index contributed by atoms with van der Waals surface area (Å²) in [6.07, 6.45) is 0.757. The maximum absolute atomic E-state index is 10.1. The second-order valence-electron chi connectivity index (χ2n) is 4.61. The zero-order valence-electron chi connectivity index (χ0n) is 9.39. The van der Waals surface area contributed by atoms with Crippen LogP contribution < -0.4 is 0 Å². The standard InChI is InChI=1S/C11H21NO3/c1-9-7-15-5-3-12(9)6-11(13)10-2-4-14-8-10/h9-11,13H,2-8H2,1H3. The smallest absolute Gasteiger partial charge is 0.0718 e. The van der Waals surface area contributed by atoms with E-state index in [1.54, 1.807) is 0 Å². The average Bonchev–Trinajstić information content (AvgIpc) is 2.74. The number of hydrogen-bond donors (Lipinski definition) is 1. The van der Waals surface area contributed by atoms with Gasteiger partial charge in [0.2, 0.25) is 0 Å². The van der Waals surface area contributed by atoms with Gasteiger partial charge in [0, 0.05) is 31.7 Å². The topological polar surface area (TPSA) is 41.9 Å². The van der Waals surface area contributed by atoms with Crippen molar-refractivity contribution in [3.05, 3.63) is 0 Å². The molecule has 2 heterocycles. The van der Waals surface area contributed by atoms with Crippen LogP contribution in [-0.4, -0.2) is 61.7 Å². The summed E-state index contributed by atoms with van der Waals surface area (Å²) in [5, 5.41) is 10.1. The molecule has 1 N–H and O–H groups in total. The van der Waals surface area contributed by atoms with Gasteiger partial charge in [0.15, 0.2) is 0 Å². The lowest BCUT2D eigenvalue weighted by atomic mass is 10.0. The Balaban J connectivity index is 1.78. The van der Waals surface area contributed by atoms with Gasteiger partial charge in [0.1, 0.15) is 0 Å². The van der Waals surface area contributed by atoms with Crippen molar-refractivity contribution >= 4 is 0 Å². The number of rotatable bonds is 3. The molecular weight excluding hydrogens is 194 g/mol. The minimum absolute atomic E-state index is 0.243. The molecule has 0 aromatic rings. The second-order valence-corrected chi connectivity index (χ2v) is 4.61. The molecule has 88 valence electrons. The Morgan fingerprint density at radius 3 is 2.80 bits per heavy atom. The monoisotopic (exact) mass is 215 g/mol. The van der Waals surface area contributed by atoms with Crippen LogP contribution in [0.5, 0.6) is 0 Å². The number of morpholine rings is 1. The van der Waals surface area contributed by atoms with E-state index in [1.165, 1.54) is 0 Å². The largest absolute Gasteiger partial charge is 0.391 e. The van der Waals surface area contributed by atoms with Crippen LogP contribution in [0.4, 0.5) is 0 Å². The van der Waals surface area contributed by atoms with Crippen LogP contribution in [0.3, 0.4) is 0 Å². The van der Waals surface area contributed by atoms with Crippen molar-refractivity contribution in [1.29, 1.82) is 0 Å². The Hall–Kier alpha value is -0.160. The van der Waals surface area contributed by atoms with Gasteiger partial charge in [0.05, 0.1) is 25.9 Å². The number of hydrogen-bond acceptors (Lipinski definition) is 4. The van der Waals surface area contributed by atoms with Gasteiger partial charge in [0.25, 0.3) is 0 Å². The molecule has 4 heteroatoms. The van der Waals surface area contributed by atoms with Gasteiger partial charge in [-0.05, 0) is 13.3 Å². The van der Waals surface area contributed by atoms with E-state index in [0.717, 1.165) is 45.9 Å². The zero-order chi connectivity index (χ0) is 10.7. The minimum atomic E-state index is -0.243. The second kappa shape index (κ2) is 5.25. The quantitative estimate of drug-likeness (QED) is 0.725. The molecule has 4 nitrogen and oxygen atoms in total. The van der Waals surface area contributed by atoms with E-state index >= 15 is 0 Å². The molecule has 2 aliphatic rings. The fourth-order valence-corrected chi connectivity index (χ4v) is 2.28. The van der Waals surface area contributed by atoms with E-state index in [-0.39, 0.29) is 6.10 Å². The summed E-state index contributed by atoms with van der Waals surface area (Å²) in [6.45, 7) is 6.95. The summed E-state index contributed by atoms with van der Waals surface area (Å²) in [6, 6.07) is 0.427. The number of β-amino-alcohol motifs (C(OH)–C–C–N with tert-alkyl or cyclic N) is 1. The molecule has 3 atom stereocenters. The molecule has 15 heavy (non-hydrogen) atoms. The van der Waals surface area contributed by atoms with Gasteiger partial charge >= 0.3 is 0 Å². The minimum Gasteiger partial charge on any atom is -0.391 e. The molecule has 0 spiro atoms. The molecule has 2 saturated heterocycles. The molecule has 0 aromatic heterocycles. The summed E-state index contributed by atoms with van der Waals surface area (Å²) in [7, 11) is 0. The van der Waals surface area contributed by atoms with Gasteiger partial charge in [-0.1, -0.05) is 0 Å². The number of aliphatic hydroxyl groups is 1. The van der Waals surface area contributed by atoms with Crippen LogP contribution in [0.1, 0.15) is 13.3 Å². The summed E-state index contributed by atoms with van der Waals surface area (Å²) in [4.78, 5) is 2.31. The fraction of sp³-hybridized carbons (Fsp3) is 1.00. The lowest BCUT2D eigenvalue weighted by molar-refractivity contribution is -0.0305. The van der Waals surface area contributed by atoms with Crippen molar-refractivity contribution in [2.45, 2.75) is 25.5 Å². The van der Waals surface area contributed by atoms with Gasteiger partial charge in [-0.3, -0.25) is 4.90 Å². The summed E-state index contributed by atoms with van der Waals surface area (Å²) in [5.74, 6) is 0.333. The van der Waals surface area contributed by atoms with Crippen molar-refractivity contribution in [2.75, 3.05) is 39.5 Å². The lowest BCUT2D eigenvalue weighted by Gasteiger charge is -2.35. The maximum atomic E-state index is 10.1. The SMILES string of the molecule is CC1COCCN1CC(O)C1CCOC1. The van der Waals surface area contributed by atoms with Crippen molar-refractivity contribution in [3.63, 3.8) is 0 Å². The Labute approximate surface area is 91.2 Å². The highest BCUT2D eigenvalue weighted by atomic mass is 16.5. The van der Waals surface area contributed by atoms with Crippen molar-refractivity contribution in [2.24, 2.45) is 5.92 Å². The van der Waals surface area contributed by atoms with Crippen LogP contribution in [-0.2, 0) is 9.47 Å². The van der Waals surface area contributed by atoms with Crippen LogP contribution in [0.2, 0.25) is 0 Å². The van der Waals surface area contributed by atoms with E-state index < -0.39 is 0 Å². The third-order valence-electron chi connectivity index (χ3n) is 3.44. The van der Waals surface area contributed by atoms with Crippen LogP contribution >= 0.6 is 0 Å². The first kappa shape index (κ1) is 11.3. The molecule has 0 aromatic carbocycles. The van der Waals surface area contributed by atoms with Gasteiger partial charge in [-0.2, -0.15) is 0 Å². The predicted molar refractivity (Wildman–Crippen MR) is 56.8 cm³/mol. The molecule has 0 radical (unpaired) electrons. The first-order chi connectivity index (χ1) is 7.27. The lowest BCUT2D eigenvalue weighted by Crippen LogP contribution is -2.48. The molecule has 2 rings (SSSR count). The predicted octanol–water partition coefficient (Wildman–Crippen LogP) is 0.104. The van der Waals surface area contributed by atoms with E-state index in [4.69, 9.17) is 9.47 Å². The normalized spacial score (nSPS) is 35.6. The Kier molecular flexibility index (Phi) is 3.97. The van der Waals surface area contributed by atoms with Crippen LogP contribution in [0, 0.1) is 5.92 Å². The first-order valence-corrected chi connectivity index (χ1v) is 5.85.